The molecule has 0 fully saturated rings. The molecule has 0 amide bonds. The van der Waals surface area contributed by atoms with E-state index in [1.54, 1.807) is 6.20 Å². The highest BCUT2D eigenvalue weighted by Gasteiger charge is 2.28. The molecule has 23 nitrogen and oxygen atoms in total. The van der Waals surface area contributed by atoms with Gasteiger partial charge in [0.2, 0.25) is 23.8 Å². The minimum Gasteiger partial charge on any atom is -0.349 e. The Morgan fingerprint density at radius 2 is 0.857 bits per heavy atom. The SMILES string of the molecule is Cc1ccc2c(c1)NC(=S)Cc1cnc(Nc3c(C)ccnc3C)nc1-2.Cc1nc(CCCN(C)C)ccc1Nc1ncc2c(n1)-c1ccc(Cl)cc1NC(=S)C2.Cc1nc2c(cc1Nc1ncc3c(n1)-c1ccc(Cl)cc1NC(=S)C3)CC(N(C)C)CC2.Cc1ncc(CCN(C)C)cc1Nc1ncc2c(n1)-c1ccc(Cl)cc1NC(=S)C2. The van der Waals surface area contributed by atoms with Gasteiger partial charge in [-0.15, -0.1) is 0 Å². The first kappa shape index (κ1) is 84.8. The third kappa shape index (κ3) is 21.1. The monoisotopic (exact) mass is 1720 g/mol. The second-order valence-corrected chi connectivity index (χ2v) is 34.1. The molecule has 0 saturated carbocycles. The summed E-state index contributed by atoms with van der Waals surface area (Å²) in [6.45, 7) is 14.1. The van der Waals surface area contributed by atoms with Gasteiger partial charge in [-0.3, -0.25) is 19.9 Å². The van der Waals surface area contributed by atoms with Gasteiger partial charge in [-0.2, -0.15) is 0 Å². The molecule has 608 valence electrons. The number of fused-ring (bicyclic) bond motifs is 13. The first-order chi connectivity index (χ1) is 57.1. The summed E-state index contributed by atoms with van der Waals surface area (Å²) in [5.74, 6) is 2.15. The number of hydrogen-bond acceptors (Lipinski definition) is 23. The van der Waals surface area contributed by atoms with Gasteiger partial charge >= 0.3 is 0 Å². The van der Waals surface area contributed by atoms with Gasteiger partial charge in [0, 0.05) is 169 Å². The molecule has 119 heavy (non-hydrogen) atoms. The lowest BCUT2D eigenvalue weighted by Crippen LogP contribution is -2.34. The highest BCUT2D eigenvalue weighted by atomic mass is 35.5. The quantitative estimate of drug-likeness (QED) is 0.0418. The van der Waals surface area contributed by atoms with Crippen molar-refractivity contribution < 1.29 is 0 Å². The van der Waals surface area contributed by atoms with Gasteiger partial charge in [0.1, 0.15) is 0 Å². The van der Waals surface area contributed by atoms with E-state index in [2.05, 4.69) is 173 Å². The van der Waals surface area contributed by atoms with Crippen LogP contribution in [0.4, 0.5) is 69.3 Å². The molecule has 12 heterocycles. The van der Waals surface area contributed by atoms with Gasteiger partial charge in [0.05, 0.1) is 88.3 Å². The van der Waals surface area contributed by atoms with Crippen LogP contribution in [0.25, 0.3) is 45.0 Å². The van der Waals surface area contributed by atoms with Gasteiger partial charge in [0.25, 0.3) is 0 Å². The molecular weight excluding hydrogens is 1630 g/mol. The largest absolute Gasteiger partial charge is 0.349 e. The number of aromatic nitrogens is 12. The predicted octanol–water partition coefficient (Wildman–Crippen LogP) is 19.1. The first-order valence-corrected chi connectivity index (χ1v) is 41.9. The van der Waals surface area contributed by atoms with Gasteiger partial charge in [-0.05, 0) is 242 Å². The zero-order valence-electron chi connectivity index (χ0n) is 68.3. The van der Waals surface area contributed by atoms with E-state index in [0.29, 0.717) is 70.6 Å². The van der Waals surface area contributed by atoms with Crippen molar-refractivity contribution in [1.29, 1.82) is 0 Å². The lowest BCUT2D eigenvalue weighted by Gasteiger charge is -2.30. The summed E-state index contributed by atoms with van der Waals surface area (Å²) < 4.78 is 0. The van der Waals surface area contributed by atoms with Crippen LogP contribution in [0.1, 0.15) is 91.5 Å². The summed E-state index contributed by atoms with van der Waals surface area (Å²) in [4.78, 5) is 65.5. The van der Waals surface area contributed by atoms with E-state index >= 15 is 0 Å². The Bertz CT molecular complexity index is 5900. The number of hydrogen-bond donors (Lipinski definition) is 8. The Hall–Kier alpha value is -10.7. The number of anilines is 12. The van der Waals surface area contributed by atoms with Crippen LogP contribution >= 0.6 is 83.7 Å². The molecule has 1 aliphatic carbocycles. The molecule has 17 rings (SSSR count). The molecule has 8 aromatic heterocycles. The van der Waals surface area contributed by atoms with Crippen molar-refractivity contribution >= 4 is 173 Å². The Morgan fingerprint density at radius 1 is 0.412 bits per heavy atom. The lowest BCUT2D eigenvalue weighted by atomic mass is 9.90. The molecule has 0 radical (unpaired) electrons. The van der Waals surface area contributed by atoms with Gasteiger partial charge in [-0.1, -0.05) is 95.8 Å². The van der Waals surface area contributed by atoms with E-state index in [0.717, 1.165) is 218 Å². The number of nitrogens with one attached hydrogen (secondary N) is 8. The van der Waals surface area contributed by atoms with Gasteiger partial charge in [0.15, 0.2) is 0 Å². The van der Waals surface area contributed by atoms with Crippen LogP contribution in [0.5, 0.6) is 0 Å². The average Bonchev–Trinajstić information content (AvgIpc) is 1.59. The standard InChI is InChI=1S/C24H25ClN6S.C23H25ClN6S.C22H23ClN6S.C20H19N5S/c1-13-20(9-14-8-17(31(2)3)5-7-19(14)27-13)29-24-26-12-15-10-22(32)28-21-11-16(25)4-6-18(21)23(15)30-24;1-14-19(9-7-17(26-14)5-4-10-30(2)3)28-23-25-13-15-11-21(31)27-20-12-16(24)6-8-18(20)22(15)29-23;1-13-18(8-14(11-24-13)6-7-29(2)3)27-22-25-12-15-9-20(30)26-19-10-16(23)4-5-17(19)21(15)28-22;1-11-4-5-15-16(8-11)23-17(26)9-14-10-22-20(25-19(14)15)24-18-12(2)6-7-21-13(18)3/h4,6,9,11-12,17H,5,7-8,10H2,1-3H3,(H,28,32)(H,26,29,30);6-9,12-13H,4-5,10-11H2,1-3H3,(H,27,31)(H,25,28,29);4-5,8,10-12H,6-7,9H2,1-3H3,(H,26,30)(H,25,27,28);4-8,10H,9H2,1-3H3,(H,23,26)(H,22,24,25). The fourth-order valence-electron chi connectivity index (χ4n) is 14.6. The van der Waals surface area contributed by atoms with Crippen molar-refractivity contribution in [3.8, 4) is 45.0 Å². The zero-order chi connectivity index (χ0) is 83.9. The van der Waals surface area contributed by atoms with Crippen molar-refractivity contribution in [1.82, 2.24) is 74.5 Å². The number of nitrogens with zero attached hydrogens (tertiary/aromatic N) is 15. The number of halogens is 3. The molecule has 0 spiro atoms. The van der Waals surface area contributed by atoms with Crippen LogP contribution in [0.15, 0.2) is 140 Å². The number of benzene rings is 4. The van der Waals surface area contributed by atoms with Crippen LogP contribution < -0.4 is 42.5 Å². The van der Waals surface area contributed by atoms with Crippen LogP contribution in [-0.4, -0.2) is 156 Å². The van der Waals surface area contributed by atoms with Crippen molar-refractivity contribution in [3.05, 3.63) is 234 Å². The third-order valence-electron chi connectivity index (χ3n) is 20.9. The highest BCUT2D eigenvalue weighted by molar-refractivity contribution is 7.81. The summed E-state index contributed by atoms with van der Waals surface area (Å²) >= 11 is 40.5. The number of thiocarbonyl (C=S) groups is 4. The van der Waals surface area contributed by atoms with Crippen molar-refractivity contribution in [3.63, 3.8) is 0 Å². The molecule has 8 N–H and O–H groups in total. The van der Waals surface area contributed by atoms with E-state index in [-0.39, 0.29) is 0 Å². The predicted molar refractivity (Wildman–Crippen MR) is 502 cm³/mol. The number of likely N-dealkylation sites (N-methyl/N-ethyl adjacent to an activating group) is 2. The number of pyridine rings is 4. The molecule has 0 bridgehead atoms. The van der Waals surface area contributed by atoms with Crippen molar-refractivity contribution in [2.75, 3.05) is 97.9 Å². The molecule has 12 aromatic rings. The fraction of sp³-hybridized carbons (Fsp3) is 0.281. The highest BCUT2D eigenvalue weighted by Crippen LogP contribution is 2.41. The van der Waals surface area contributed by atoms with Crippen LogP contribution in [0.2, 0.25) is 15.1 Å². The molecule has 4 aliphatic heterocycles. The maximum atomic E-state index is 6.21. The topological polar surface area (TPSA) is 261 Å². The Morgan fingerprint density at radius 3 is 1.32 bits per heavy atom. The van der Waals surface area contributed by atoms with Crippen molar-refractivity contribution in [2.45, 2.75) is 112 Å². The van der Waals surface area contributed by atoms with Crippen LogP contribution in [-0.2, 0) is 51.4 Å². The molecular formula is C89H92Cl3N23S4. The summed E-state index contributed by atoms with van der Waals surface area (Å²) in [5.41, 5.74) is 29.4. The smallest absolute Gasteiger partial charge is 0.227 e. The van der Waals surface area contributed by atoms with Gasteiger partial charge in [-0.25, -0.2) is 39.9 Å². The average molecular weight is 1720 g/mol. The molecule has 1 atom stereocenters. The Labute approximate surface area is 730 Å². The maximum Gasteiger partial charge on any atom is 0.227 e. The Balaban J connectivity index is 0.000000130. The summed E-state index contributed by atoms with van der Waals surface area (Å²) in [6, 6.07) is 34.3. The van der Waals surface area contributed by atoms with E-state index in [4.69, 9.17) is 114 Å². The Kier molecular flexibility index (Phi) is 26.9. The van der Waals surface area contributed by atoms with Crippen LogP contribution in [0, 0.1) is 41.5 Å². The second kappa shape index (κ2) is 37.7. The summed E-state index contributed by atoms with van der Waals surface area (Å²) in [5, 5.41) is 28.5. The van der Waals surface area contributed by atoms with E-state index < -0.39 is 0 Å². The summed E-state index contributed by atoms with van der Waals surface area (Å²) in [6.07, 6.45) is 19.6. The molecule has 30 heteroatoms. The lowest BCUT2D eigenvalue weighted by molar-refractivity contribution is 0.266. The van der Waals surface area contributed by atoms with E-state index in [1.165, 1.54) is 22.4 Å². The number of rotatable bonds is 16. The second-order valence-electron chi connectivity index (χ2n) is 30.8. The van der Waals surface area contributed by atoms with Crippen molar-refractivity contribution in [2.24, 2.45) is 0 Å². The zero-order valence-corrected chi connectivity index (χ0v) is 73.9. The molecule has 0 saturated heterocycles. The molecule has 4 aromatic carbocycles. The minimum absolute atomic E-state index is 0.525. The number of aryl methyl sites for hydroxylation is 8. The van der Waals surface area contributed by atoms with Gasteiger partial charge < -0.3 is 57.2 Å². The fourth-order valence-corrected chi connectivity index (χ4v) is 16.1. The summed E-state index contributed by atoms with van der Waals surface area (Å²) in [7, 11) is 12.6. The first-order valence-electron chi connectivity index (χ1n) is 39.2. The van der Waals surface area contributed by atoms with E-state index in [9.17, 15) is 0 Å². The molecule has 5 aliphatic rings. The normalized spacial score (nSPS) is 13.9. The van der Waals surface area contributed by atoms with Crippen LogP contribution in [0.3, 0.4) is 0 Å². The minimum atomic E-state index is 0.525. The third-order valence-corrected chi connectivity index (χ3v) is 22.6. The van der Waals surface area contributed by atoms with E-state index in [1.807, 2.05) is 132 Å². The maximum absolute atomic E-state index is 6.21. The molecule has 1 unspecified atom stereocenters.